The van der Waals surface area contributed by atoms with Crippen LogP contribution in [0.2, 0.25) is 0 Å². The molecule has 0 aliphatic carbocycles. The summed E-state index contributed by atoms with van der Waals surface area (Å²) >= 11 is 0. The fraction of sp³-hybridized carbons (Fsp3) is 0.412. The molecule has 0 radical (unpaired) electrons. The van der Waals surface area contributed by atoms with Gasteiger partial charge in [-0.3, -0.25) is 9.59 Å². The van der Waals surface area contributed by atoms with Crippen LogP contribution in [0.15, 0.2) is 28.8 Å². The molecule has 1 fully saturated rings. The van der Waals surface area contributed by atoms with Gasteiger partial charge in [0.1, 0.15) is 5.75 Å². The van der Waals surface area contributed by atoms with Gasteiger partial charge in [0, 0.05) is 31.5 Å². The molecule has 1 atom stereocenters. The number of hydrogen-bond donors (Lipinski definition) is 1. The lowest BCUT2D eigenvalue weighted by Gasteiger charge is -2.31. The summed E-state index contributed by atoms with van der Waals surface area (Å²) in [6, 6.07) is 6.46. The van der Waals surface area contributed by atoms with Gasteiger partial charge < -0.3 is 19.9 Å². The number of hydrogen-bond acceptors (Lipinski definition) is 6. The Morgan fingerprint density at radius 1 is 1.44 bits per heavy atom. The van der Waals surface area contributed by atoms with Crippen LogP contribution in [0.4, 0.5) is 0 Å². The van der Waals surface area contributed by atoms with Crippen LogP contribution in [0.1, 0.15) is 40.8 Å². The standard InChI is InChI=1S/C17H20N4O4/c1-11-19-17(20-25-11)13-5-3-7-21(9-13)15(22)10-24-14-6-2-4-12(8-14)16(18)23/h2,4,6,8,13H,3,5,7,9-10H2,1H3,(H2,18,23)/t13-/m1/s1. The molecule has 0 unspecified atom stereocenters. The number of piperidine rings is 1. The van der Waals surface area contributed by atoms with Gasteiger partial charge in [0.15, 0.2) is 12.4 Å². The maximum absolute atomic E-state index is 12.4. The summed E-state index contributed by atoms with van der Waals surface area (Å²) in [7, 11) is 0. The molecule has 3 rings (SSSR count). The number of nitrogens with two attached hydrogens (primary N) is 1. The highest BCUT2D eigenvalue weighted by Crippen LogP contribution is 2.25. The Morgan fingerprint density at radius 2 is 2.28 bits per heavy atom. The van der Waals surface area contributed by atoms with Gasteiger partial charge in [-0.15, -0.1) is 0 Å². The molecule has 2 aromatic rings. The summed E-state index contributed by atoms with van der Waals surface area (Å²) in [5.74, 6) is 1.03. The summed E-state index contributed by atoms with van der Waals surface area (Å²) in [6.07, 6.45) is 1.80. The summed E-state index contributed by atoms with van der Waals surface area (Å²) in [6.45, 7) is 2.87. The third kappa shape index (κ3) is 4.14. The van der Waals surface area contributed by atoms with Crippen molar-refractivity contribution in [3.05, 3.63) is 41.5 Å². The Morgan fingerprint density at radius 3 is 3.00 bits per heavy atom. The maximum atomic E-state index is 12.4. The predicted molar refractivity (Wildman–Crippen MR) is 88.0 cm³/mol. The Hall–Kier alpha value is -2.90. The van der Waals surface area contributed by atoms with E-state index in [0.717, 1.165) is 12.8 Å². The minimum atomic E-state index is -0.536. The van der Waals surface area contributed by atoms with Gasteiger partial charge in [-0.05, 0) is 31.0 Å². The Balaban J connectivity index is 1.57. The van der Waals surface area contributed by atoms with Crippen LogP contribution in [0.25, 0.3) is 0 Å². The van der Waals surface area contributed by atoms with Crippen molar-refractivity contribution in [3.8, 4) is 5.75 Å². The second-order valence-corrected chi connectivity index (χ2v) is 6.03. The van der Waals surface area contributed by atoms with E-state index in [-0.39, 0.29) is 18.4 Å². The van der Waals surface area contributed by atoms with Gasteiger partial charge in [-0.25, -0.2) is 0 Å². The number of carbonyl (C=O) groups is 2. The van der Waals surface area contributed by atoms with Crippen molar-refractivity contribution in [2.45, 2.75) is 25.7 Å². The summed E-state index contributed by atoms with van der Waals surface area (Å²) in [5, 5.41) is 3.95. The number of aromatic nitrogens is 2. The largest absolute Gasteiger partial charge is 0.484 e. The number of likely N-dealkylation sites (tertiary alicyclic amines) is 1. The molecule has 25 heavy (non-hydrogen) atoms. The SMILES string of the molecule is Cc1nc([C@@H]2CCCN(C(=O)COc3cccc(C(N)=O)c3)C2)no1. The predicted octanol–water partition coefficient (Wildman–Crippen LogP) is 1.26. The van der Waals surface area contributed by atoms with Gasteiger partial charge in [0.2, 0.25) is 11.8 Å². The second kappa shape index (κ2) is 7.33. The van der Waals surface area contributed by atoms with Gasteiger partial charge >= 0.3 is 0 Å². The van der Waals surface area contributed by atoms with Crippen molar-refractivity contribution in [2.24, 2.45) is 5.73 Å². The molecule has 8 heteroatoms. The minimum Gasteiger partial charge on any atom is -0.484 e. The first kappa shape index (κ1) is 16.9. The Bertz CT molecular complexity index is 774. The molecule has 2 N–H and O–H groups in total. The van der Waals surface area contributed by atoms with E-state index in [1.54, 1.807) is 30.0 Å². The zero-order valence-corrected chi connectivity index (χ0v) is 14.0. The van der Waals surface area contributed by atoms with E-state index in [0.29, 0.717) is 36.1 Å². The van der Waals surface area contributed by atoms with Crippen LogP contribution < -0.4 is 10.5 Å². The van der Waals surface area contributed by atoms with Crippen LogP contribution in [0.3, 0.4) is 0 Å². The third-order valence-electron chi connectivity index (χ3n) is 4.16. The highest BCUT2D eigenvalue weighted by molar-refractivity contribution is 5.93. The van der Waals surface area contributed by atoms with Crippen LogP contribution in [-0.2, 0) is 4.79 Å². The van der Waals surface area contributed by atoms with Crippen LogP contribution >= 0.6 is 0 Å². The average Bonchev–Trinajstić information content (AvgIpc) is 3.06. The number of amides is 2. The van der Waals surface area contributed by atoms with Crippen molar-refractivity contribution in [1.29, 1.82) is 0 Å². The van der Waals surface area contributed by atoms with E-state index in [1.807, 2.05) is 0 Å². The van der Waals surface area contributed by atoms with Crippen molar-refractivity contribution in [2.75, 3.05) is 19.7 Å². The molecule has 1 aliphatic rings. The normalized spacial score (nSPS) is 17.3. The molecule has 2 heterocycles. The molecule has 0 bridgehead atoms. The fourth-order valence-corrected chi connectivity index (χ4v) is 2.87. The first-order valence-electron chi connectivity index (χ1n) is 8.13. The number of benzene rings is 1. The minimum absolute atomic E-state index is 0.0772. The van der Waals surface area contributed by atoms with E-state index in [4.69, 9.17) is 15.0 Å². The van der Waals surface area contributed by atoms with E-state index in [1.165, 1.54) is 6.07 Å². The van der Waals surface area contributed by atoms with Crippen LogP contribution in [0, 0.1) is 6.92 Å². The number of aryl methyl sites for hydroxylation is 1. The van der Waals surface area contributed by atoms with E-state index in [9.17, 15) is 9.59 Å². The molecule has 0 saturated carbocycles. The number of rotatable bonds is 5. The van der Waals surface area contributed by atoms with E-state index < -0.39 is 5.91 Å². The number of carbonyl (C=O) groups excluding carboxylic acids is 2. The molecular formula is C17H20N4O4. The number of ether oxygens (including phenoxy) is 1. The maximum Gasteiger partial charge on any atom is 0.260 e. The molecule has 1 aliphatic heterocycles. The molecular weight excluding hydrogens is 324 g/mol. The molecule has 1 aromatic heterocycles. The first-order valence-corrected chi connectivity index (χ1v) is 8.13. The summed E-state index contributed by atoms with van der Waals surface area (Å²) < 4.78 is 10.5. The van der Waals surface area contributed by atoms with Crippen molar-refractivity contribution < 1.29 is 18.8 Å². The molecule has 0 spiro atoms. The van der Waals surface area contributed by atoms with Crippen LogP contribution in [0.5, 0.6) is 5.75 Å². The molecule has 2 amide bonds. The Kier molecular flexibility index (Phi) is 4.97. The first-order chi connectivity index (χ1) is 12.0. The van der Waals surface area contributed by atoms with Crippen molar-refractivity contribution in [3.63, 3.8) is 0 Å². The zero-order valence-electron chi connectivity index (χ0n) is 14.0. The van der Waals surface area contributed by atoms with E-state index >= 15 is 0 Å². The van der Waals surface area contributed by atoms with Crippen LogP contribution in [-0.4, -0.2) is 46.6 Å². The highest BCUT2D eigenvalue weighted by Gasteiger charge is 2.27. The topological polar surface area (TPSA) is 112 Å². The smallest absolute Gasteiger partial charge is 0.260 e. The molecule has 1 aromatic carbocycles. The third-order valence-corrected chi connectivity index (χ3v) is 4.16. The quantitative estimate of drug-likeness (QED) is 0.874. The van der Waals surface area contributed by atoms with Crippen molar-refractivity contribution >= 4 is 11.8 Å². The number of nitrogens with zero attached hydrogens (tertiary/aromatic N) is 3. The lowest BCUT2D eigenvalue weighted by molar-refractivity contribution is -0.134. The average molecular weight is 344 g/mol. The monoisotopic (exact) mass is 344 g/mol. The molecule has 8 nitrogen and oxygen atoms in total. The highest BCUT2D eigenvalue weighted by atomic mass is 16.5. The number of primary amides is 1. The van der Waals surface area contributed by atoms with Gasteiger partial charge in [-0.2, -0.15) is 4.98 Å². The van der Waals surface area contributed by atoms with Crippen molar-refractivity contribution in [1.82, 2.24) is 15.0 Å². The van der Waals surface area contributed by atoms with Gasteiger partial charge in [-0.1, -0.05) is 11.2 Å². The summed E-state index contributed by atoms with van der Waals surface area (Å²) in [4.78, 5) is 29.6. The second-order valence-electron chi connectivity index (χ2n) is 6.03. The zero-order chi connectivity index (χ0) is 17.8. The van der Waals surface area contributed by atoms with Gasteiger partial charge in [0.25, 0.3) is 5.91 Å². The molecule has 132 valence electrons. The Labute approximate surface area is 144 Å². The molecule has 1 saturated heterocycles. The fourth-order valence-electron chi connectivity index (χ4n) is 2.87. The summed E-state index contributed by atoms with van der Waals surface area (Å²) in [5.41, 5.74) is 5.58. The lowest BCUT2D eigenvalue weighted by atomic mass is 9.97. The van der Waals surface area contributed by atoms with Gasteiger partial charge in [0.05, 0.1) is 0 Å². The van der Waals surface area contributed by atoms with E-state index in [2.05, 4.69) is 10.1 Å². The lowest BCUT2D eigenvalue weighted by Crippen LogP contribution is -2.41.